The maximum atomic E-state index is 12.1. The standard InChI is InChI=1S/C14H15N3O/c1-14(2,12-7-3-4-9-16-12)17-13(18)11-6-5-8-15-10-11/h3-10H,1-2H3,(H,17,18). The van der Waals surface area contributed by atoms with Crippen LogP contribution in [0, 0.1) is 0 Å². The average molecular weight is 241 g/mol. The Morgan fingerprint density at radius 2 is 2.00 bits per heavy atom. The Bertz CT molecular complexity index is 523. The van der Waals surface area contributed by atoms with Crippen molar-refractivity contribution in [2.75, 3.05) is 0 Å². The van der Waals surface area contributed by atoms with Crippen LogP contribution in [0.2, 0.25) is 0 Å². The molecule has 0 aliphatic heterocycles. The molecular weight excluding hydrogens is 226 g/mol. The zero-order valence-corrected chi connectivity index (χ0v) is 10.4. The summed E-state index contributed by atoms with van der Waals surface area (Å²) < 4.78 is 0. The van der Waals surface area contributed by atoms with Gasteiger partial charge in [0.1, 0.15) is 0 Å². The van der Waals surface area contributed by atoms with E-state index < -0.39 is 5.54 Å². The summed E-state index contributed by atoms with van der Waals surface area (Å²) in [6.07, 6.45) is 4.90. The fourth-order valence-corrected chi connectivity index (χ4v) is 1.65. The van der Waals surface area contributed by atoms with Gasteiger partial charge in [-0.1, -0.05) is 6.07 Å². The molecule has 2 aromatic rings. The maximum Gasteiger partial charge on any atom is 0.253 e. The number of rotatable bonds is 3. The number of amides is 1. The zero-order chi connectivity index (χ0) is 13.0. The van der Waals surface area contributed by atoms with Crippen molar-refractivity contribution in [1.29, 1.82) is 0 Å². The van der Waals surface area contributed by atoms with E-state index in [9.17, 15) is 4.79 Å². The second-order valence-corrected chi connectivity index (χ2v) is 4.54. The third kappa shape index (κ3) is 2.71. The quantitative estimate of drug-likeness (QED) is 0.895. The summed E-state index contributed by atoms with van der Waals surface area (Å²) in [6, 6.07) is 9.12. The summed E-state index contributed by atoms with van der Waals surface area (Å²) in [5.74, 6) is -0.154. The molecule has 92 valence electrons. The molecule has 0 spiro atoms. The van der Waals surface area contributed by atoms with E-state index in [0.717, 1.165) is 5.69 Å². The first-order chi connectivity index (χ1) is 8.59. The summed E-state index contributed by atoms with van der Waals surface area (Å²) in [6.45, 7) is 3.84. The number of carbonyl (C=O) groups excluding carboxylic acids is 1. The number of aromatic nitrogens is 2. The summed E-state index contributed by atoms with van der Waals surface area (Å²) in [5.41, 5.74) is 0.845. The SMILES string of the molecule is CC(C)(NC(=O)c1cccnc1)c1ccccn1. The van der Waals surface area contributed by atoms with E-state index in [4.69, 9.17) is 0 Å². The summed E-state index contributed by atoms with van der Waals surface area (Å²) in [7, 11) is 0. The Labute approximate surface area is 106 Å². The summed E-state index contributed by atoms with van der Waals surface area (Å²) in [5, 5.41) is 2.95. The van der Waals surface area contributed by atoms with Gasteiger partial charge in [-0.15, -0.1) is 0 Å². The zero-order valence-electron chi connectivity index (χ0n) is 10.4. The van der Waals surface area contributed by atoms with Crippen molar-refractivity contribution in [2.45, 2.75) is 19.4 Å². The highest BCUT2D eigenvalue weighted by atomic mass is 16.1. The van der Waals surface area contributed by atoms with Crippen molar-refractivity contribution < 1.29 is 4.79 Å². The number of pyridine rings is 2. The van der Waals surface area contributed by atoms with Crippen LogP contribution in [0.25, 0.3) is 0 Å². The lowest BCUT2D eigenvalue weighted by atomic mass is 9.99. The van der Waals surface area contributed by atoms with Crippen LogP contribution in [-0.4, -0.2) is 15.9 Å². The molecule has 0 unspecified atom stereocenters. The Hall–Kier alpha value is -2.23. The van der Waals surface area contributed by atoms with Gasteiger partial charge in [-0.25, -0.2) is 0 Å². The van der Waals surface area contributed by atoms with Crippen LogP contribution in [-0.2, 0) is 5.54 Å². The molecular formula is C14H15N3O. The number of carbonyl (C=O) groups is 1. The average Bonchev–Trinajstić information content (AvgIpc) is 2.40. The first-order valence-corrected chi connectivity index (χ1v) is 5.74. The van der Waals surface area contributed by atoms with Gasteiger partial charge in [-0.3, -0.25) is 14.8 Å². The van der Waals surface area contributed by atoms with E-state index in [2.05, 4.69) is 15.3 Å². The highest BCUT2D eigenvalue weighted by Crippen LogP contribution is 2.17. The van der Waals surface area contributed by atoms with Gasteiger partial charge in [-0.05, 0) is 38.1 Å². The molecule has 0 aliphatic rings. The molecule has 4 nitrogen and oxygen atoms in total. The number of nitrogens with zero attached hydrogens (tertiary/aromatic N) is 2. The van der Waals surface area contributed by atoms with Crippen molar-refractivity contribution in [3.8, 4) is 0 Å². The lowest BCUT2D eigenvalue weighted by Gasteiger charge is -2.25. The molecule has 0 aromatic carbocycles. The van der Waals surface area contributed by atoms with Crippen LogP contribution in [0.1, 0.15) is 29.9 Å². The van der Waals surface area contributed by atoms with Crippen LogP contribution < -0.4 is 5.32 Å². The Balaban J connectivity index is 2.17. The monoisotopic (exact) mass is 241 g/mol. The molecule has 2 aromatic heterocycles. The molecule has 2 rings (SSSR count). The first kappa shape index (κ1) is 12.2. The van der Waals surface area contributed by atoms with E-state index >= 15 is 0 Å². The minimum absolute atomic E-state index is 0.154. The molecule has 1 amide bonds. The van der Waals surface area contributed by atoms with E-state index in [0.29, 0.717) is 5.56 Å². The largest absolute Gasteiger partial charge is 0.341 e. The topological polar surface area (TPSA) is 54.9 Å². The van der Waals surface area contributed by atoms with Gasteiger partial charge in [0.2, 0.25) is 0 Å². The van der Waals surface area contributed by atoms with E-state index in [1.165, 1.54) is 0 Å². The fraction of sp³-hybridized carbons (Fsp3) is 0.214. The minimum atomic E-state index is -0.520. The Kier molecular flexibility index (Phi) is 3.37. The lowest BCUT2D eigenvalue weighted by Crippen LogP contribution is -2.41. The maximum absolute atomic E-state index is 12.1. The van der Waals surface area contributed by atoms with Gasteiger partial charge in [0.25, 0.3) is 5.91 Å². The molecule has 0 fully saturated rings. The molecule has 0 radical (unpaired) electrons. The smallest absolute Gasteiger partial charge is 0.253 e. The van der Waals surface area contributed by atoms with E-state index in [-0.39, 0.29) is 5.91 Å². The second-order valence-electron chi connectivity index (χ2n) is 4.54. The van der Waals surface area contributed by atoms with Crippen LogP contribution >= 0.6 is 0 Å². The molecule has 0 saturated heterocycles. The number of hydrogen-bond acceptors (Lipinski definition) is 3. The normalized spacial score (nSPS) is 11.0. The Morgan fingerprint density at radius 1 is 1.17 bits per heavy atom. The molecule has 4 heteroatoms. The van der Waals surface area contributed by atoms with E-state index in [1.807, 2.05) is 32.0 Å². The van der Waals surface area contributed by atoms with Crippen LogP contribution in [0.5, 0.6) is 0 Å². The highest BCUT2D eigenvalue weighted by molar-refractivity contribution is 5.94. The van der Waals surface area contributed by atoms with Gasteiger partial charge in [-0.2, -0.15) is 0 Å². The molecule has 0 aliphatic carbocycles. The van der Waals surface area contributed by atoms with Gasteiger partial charge in [0, 0.05) is 18.6 Å². The van der Waals surface area contributed by atoms with E-state index in [1.54, 1.807) is 30.7 Å². The van der Waals surface area contributed by atoms with Gasteiger partial charge in [0.15, 0.2) is 0 Å². The van der Waals surface area contributed by atoms with Crippen LogP contribution in [0.4, 0.5) is 0 Å². The third-order valence-electron chi connectivity index (χ3n) is 2.66. The molecule has 1 N–H and O–H groups in total. The fourth-order valence-electron chi connectivity index (χ4n) is 1.65. The molecule has 0 saturated carbocycles. The predicted octanol–water partition coefficient (Wildman–Crippen LogP) is 2.14. The Morgan fingerprint density at radius 3 is 2.61 bits per heavy atom. The number of nitrogens with one attached hydrogen (secondary N) is 1. The number of hydrogen-bond donors (Lipinski definition) is 1. The van der Waals surface area contributed by atoms with Crippen molar-refractivity contribution in [1.82, 2.24) is 15.3 Å². The van der Waals surface area contributed by atoms with Crippen molar-refractivity contribution >= 4 is 5.91 Å². The van der Waals surface area contributed by atoms with Crippen molar-refractivity contribution in [2.24, 2.45) is 0 Å². The minimum Gasteiger partial charge on any atom is -0.341 e. The summed E-state index contributed by atoms with van der Waals surface area (Å²) >= 11 is 0. The molecule has 2 heterocycles. The first-order valence-electron chi connectivity index (χ1n) is 5.74. The van der Waals surface area contributed by atoms with Crippen molar-refractivity contribution in [3.05, 3.63) is 60.2 Å². The van der Waals surface area contributed by atoms with Gasteiger partial charge >= 0.3 is 0 Å². The van der Waals surface area contributed by atoms with Crippen molar-refractivity contribution in [3.63, 3.8) is 0 Å². The van der Waals surface area contributed by atoms with Crippen LogP contribution in [0.3, 0.4) is 0 Å². The molecule has 0 bridgehead atoms. The van der Waals surface area contributed by atoms with Crippen LogP contribution in [0.15, 0.2) is 48.9 Å². The predicted molar refractivity (Wildman–Crippen MR) is 69.0 cm³/mol. The van der Waals surface area contributed by atoms with Gasteiger partial charge in [0.05, 0.1) is 16.8 Å². The highest BCUT2D eigenvalue weighted by Gasteiger charge is 2.24. The summed E-state index contributed by atoms with van der Waals surface area (Å²) in [4.78, 5) is 20.3. The lowest BCUT2D eigenvalue weighted by molar-refractivity contribution is 0.0910. The second kappa shape index (κ2) is 4.96. The van der Waals surface area contributed by atoms with Gasteiger partial charge < -0.3 is 5.32 Å². The molecule has 18 heavy (non-hydrogen) atoms. The third-order valence-corrected chi connectivity index (χ3v) is 2.66. The molecule has 0 atom stereocenters.